The minimum Gasteiger partial charge on any atom is -0.468 e. The van der Waals surface area contributed by atoms with Crippen molar-refractivity contribution in [1.29, 1.82) is 0 Å². The molecule has 174 valence electrons. The summed E-state index contributed by atoms with van der Waals surface area (Å²) in [6, 6.07) is 0. The molecule has 0 saturated heterocycles. The first-order chi connectivity index (χ1) is 14.6. The highest BCUT2D eigenvalue weighted by molar-refractivity contribution is 5.90. The standard InChI is InChI=1S/C22H35N3O6/c1-6-7-8-23-19(27)16-9-14-12-25(21(29)31-22(2,3)4)13-15(14)10-17(16)20(28)24-11-18(26)30-5/h16-17H,6-13H2,1-5H3,(H,23,27)(H,24,28)/t16-,17+/m1/s1. The first kappa shape index (κ1) is 24.7. The third-order valence-corrected chi connectivity index (χ3v) is 5.47. The average molecular weight is 438 g/mol. The molecule has 2 rings (SSSR count). The number of hydrogen-bond acceptors (Lipinski definition) is 6. The number of esters is 1. The molecular weight excluding hydrogens is 402 g/mol. The molecule has 9 heteroatoms. The van der Waals surface area contributed by atoms with E-state index < -0.39 is 29.5 Å². The van der Waals surface area contributed by atoms with Gasteiger partial charge in [0.25, 0.3) is 0 Å². The lowest BCUT2D eigenvalue weighted by Crippen LogP contribution is -2.45. The summed E-state index contributed by atoms with van der Waals surface area (Å²) in [5.41, 5.74) is 1.40. The van der Waals surface area contributed by atoms with Crippen LogP contribution in [-0.2, 0) is 23.9 Å². The summed E-state index contributed by atoms with van der Waals surface area (Å²) in [5, 5.41) is 5.50. The third kappa shape index (κ3) is 6.97. The fourth-order valence-corrected chi connectivity index (χ4v) is 3.86. The Labute approximate surface area is 183 Å². The lowest BCUT2D eigenvalue weighted by Gasteiger charge is -2.30. The second-order valence-corrected chi connectivity index (χ2v) is 9.10. The van der Waals surface area contributed by atoms with Crippen LogP contribution in [0.5, 0.6) is 0 Å². The molecule has 0 aromatic heterocycles. The second-order valence-electron chi connectivity index (χ2n) is 9.10. The van der Waals surface area contributed by atoms with Crippen molar-refractivity contribution < 1.29 is 28.7 Å². The van der Waals surface area contributed by atoms with Gasteiger partial charge in [-0.15, -0.1) is 0 Å². The molecule has 0 saturated carbocycles. The summed E-state index contributed by atoms with van der Waals surface area (Å²) in [6.07, 6.45) is 2.18. The van der Waals surface area contributed by atoms with Gasteiger partial charge in [-0.3, -0.25) is 14.4 Å². The van der Waals surface area contributed by atoms with Crippen LogP contribution in [0.2, 0.25) is 0 Å². The van der Waals surface area contributed by atoms with Crippen LogP contribution in [0.15, 0.2) is 11.1 Å². The number of amides is 3. The summed E-state index contributed by atoms with van der Waals surface area (Å²) >= 11 is 0. The van der Waals surface area contributed by atoms with Gasteiger partial charge in [-0.05, 0) is 51.2 Å². The number of unbranched alkanes of at least 4 members (excludes halogenated alkanes) is 1. The van der Waals surface area contributed by atoms with Crippen molar-refractivity contribution in [3.63, 3.8) is 0 Å². The Balaban J connectivity index is 2.12. The molecule has 9 nitrogen and oxygen atoms in total. The molecule has 2 N–H and O–H groups in total. The van der Waals surface area contributed by atoms with E-state index in [4.69, 9.17) is 4.74 Å². The van der Waals surface area contributed by atoms with Crippen LogP contribution in [0.3, 0.4) is 0 Å². The molecular formula is C22H35N3O6. The van der Waals surface area contributed by atoms with Gasteiger partial charge >= 0.3 is 12.1 Å². The molecule has 31 heavy (non-hydrogen) atoms. The maximum Gasteiger partial charge on any atom is 0.410 e. The molecule has 0 aromatic rings. The highest BCUT2D eigenvalue weighted by Gasteiger charge is 2.42. The number of hydrogen-bond donors (Lipinski definition) is 2. The zero-order valence-electron chi connectivity index (χ0n) is 19.2. The average Bonchev–Trinajstić information content (AvgIpc) is 3.13. The fourth-order valence-electron chi connectivity index (χ4n) is 3.86. The Morgan fingerprint density at radius 2 is 1.55 bits per heavy atom. The summed E-state index contributed by atoms with van der Waals surface area (Å²) in [7, 11) is 1.25. The Morgan fingerprint density at radius 3 is 2.03 bits per heavy atom. The molecule has 0 aromatic carbocycles. The van der Waals surface area contributed by atoms with Crippen LogP contribution in [0.25, 0.3) is 0 Å². The Hall–Kier alpha value is -2.58. The predicted octanol–water partition coefficient (Wildman–Crippen LogP) is 1.77. The van der Waals surface area contributed by atoms with Crippen molar-refractivity contribution in [2.24, 2.45) is 11.8 Å². The van der Waals surface area contributed by atoms with Crippen LogP contribution >= 0.6 is 0 Å². The zero-order valence-corrected chi connectivity index (χ0v) is 19.2. The number of rotatable bonds is 7. The number of carbonyl (C=O) groups excluding carboxylic acids is 4. The first-order valence-corrected chi connectivity index (χ1v) is 10.9. The van der Waals surface area contributed by atoms with Crippen molar-refractivity contribution in [1.82, 2.24) is 15.5 Å². The van der Waals surface area contributed by atoms with E-state index in [0.717, 1.165) is 24.0 Å². The van der Waals surface area contributed by atoms with Gasteiger partial charge in [-0.2, -0.15) is 0 Å². The van der Waals surface area contributed by atoms with Gasteiger partial charge in [-0.1, -0.05) is 13.3 Å². The Kier molecular flexibility index (Phi) is 8.47. The SMILES string of the molecule is CCCCNC(=O)[C@@H]1CC2=C(C[C@@H]1C(=O)NCC(=O)OC)CN(C(=O)OC(C)(C)C)C2. The summed E-state index contributed by atoms with van der Waals surface area (Å²) < 4.78 is 10.0. The molecule has 1 aliphatic heterocycles. The summed E-state index contributed by atoms with van der Waals surface area (Å²) in [5.74, 6) is -2.24. The number of nitrogens with one attached hydrogen (secondary N) is 2. The molecule has 0 radical (unpaired) electrons. The van der Waals surface area contributed by atoms with Crippen molar-refractivity contribution in [2.45, 2.75) is 59.0 Å². The van der Waals surface area contributed by atoms with Crippen LogP contribution in [0.1, 0.15) is 53.4 Å². The van der Waals surface area contributed by atoms with Crippen LogP contribution in [-0.4, -0.2) is 67.7 Å². The van der Waals surface area contributed by atoms with Gasteiger partial charge in [-0.25, -0.2) is 4.79 Å². The van der Waals surface area contributed by atoms with E-state index in [2.05, 4.69) is 15.4 Å². The van der Waals surface area contributed by atoms with Gasteiger partial charge in [0.1, 0.15) is 12.1 Å². The van der Waals surface area contributed by atoms with E-state index in [1.54, 1.807) is 4.90 Å². The second kappa shape index (κ2) is 10.6. The van der Waals surface area contributed by atoms with E-state index in [-0.39, 0.29) is 18.4 Å². The van der Waals surface area contributed by atoms with Crippen molar-refractivity contribution >= 4 is 23.9 Å². The normalized spacial score (nSPS) is 20.7. The summed E-state index contributed by atoms with van der Waals surface area (Å²) in [4.78, 5) is 51.2. The smallest absolute Gasteiger partial charge is 0.410 e. The van der Waals surface area contributed by atoms with E-state index >= 15 is 0 Å². The van der Waals surface area contributed by atoms with E-state index in [1.165, 1.54) is 7.11 Å². The van der Waals surface area contributed by atoms with Crippen molar-refractivity contribution in [3.8, 4) is 0 Å². The van der Waals surface area contributed by atoms with Crippen LogP contribution < -0.4 is 10.6 Å². The molecule has 0 spiro atoms. The molecule has 2 atom stereocenters. The molecule has 0 unspecified atom stereocenters. The monoisotopic (exact) mass is 437 g/mol. The highest BCUT2D eigenvalue weighted by Crippen LogP contribution is 2.39. The lowest BCUT2D eigenvalue weighted by molar-refractivity contribution is -0.142. The molecule has 3 amide bonds. The van der Waals surface area contributed by atoms with Gasteiger partial charge < -0.3 is 25.0 Å². The number of methoxy groups -OCH3 is 1. The van der Waals surface area contributed by atoms with Crippen molar-refractivity contribution in [3.05, 3.63) is 11.1 Å². The summed E-state index contributed by atoms with van der Waals surface area (Å²) in [6.45, 7) is 8.57. The zero-order chi connectivity index (χ0) is 23.2. The first-order valence-electron chi connectivity index (χ1n) is 10.9. The van der Waals surface area contributed by atoms with Crippen molar-refractivity contribution in [2.75, 3.05) is 33.3 Å². The van der Waals surface area contributed by atoms with E-state index in [0.29, 0.717) is 32.5 Å². The molecule has 0 fully saturated rings. The molecule has 2 aliphatic rings. The Morgan fingerprint density at radius 1 is 1.00 bits per heavy atom. The molecule has 1 heterocycles. The molecule has 1 aliphatic carbocycles. The van der Waals surface area contributed by atoms with Gasteiger partial charge in [0.15, 0.2) is 0 Å². The largest absolute Gasteiger partial charge is 0.468 e. The van der Waals surface area contributed by atoms with Gasteiger partial charge in [0, 0.05) is 19.6 Å². The third-order valence-electron chi connectivity index (χ3n) is 5.47. The minimum atomic E-state index is -0.608. The van der Waals surface area contributed by atoms with Crippen LogP contribution in [0, 0.1) is 11.8 Å². The predicted molar refractivity (Wildman–Crippen MR) is 114 cm³/mol. The topological polar surface area (TPSA) is 114 Å². The number of ether oxygens (including phenoxy) is 2. The fraction of sp³-hybridized carbons (Fsp3) is 0.727. The lowest BCUT2D eigenvalue weighted by atomic mass is 9.75. The van der Waals surface area contributed by atoms with E-state index in [1.807, 2.05) is 27.7 Å². The minimum absolute atomic E-state index is 0.172. The number of nitrogens with zero attached hydrogens (tertiary/aromatic N) is 1. The number of carbonyl (C=O) groups is 4. The Bertz CT molecular complexity index is 740. The van der Waals surface area contributed by atoms with Crippen LogP contribution in [0.4, 0.5) is 4.79 Å². The van der Waals surface area contributed by atoms with E-state index in [9.17, 15) is 19.2 Å². The van der Waals surface area contributed by atoms with Gasteiger partial charge in [0.05, 0.1) is 18.9 Å². The molecule has 0 bridgehead atoms. The maximum absolute atomic E-state index is 12.9. The quantitative estimate of drug-likeness (QED) is 0.356. The van der Waals surface area contributed by atoms with Gasteiger partial charge in [0.2, 0.25) is 11.8 Å². The maximum atomic E-state index is 12.9. The highest BCUT2D eigenvalue weighted by atomic mass is 16.6.